The van der Waals surface area contributed by atoms with Crippen LogP contribution in [0.2, 0.25) is 0 Å². The van der Waals surface area contributed by atoms with Gasteiger partial charge < -0.3 is 4.57 Å². The van der Waals surface area contributed by atoms with E-state index >= 15 is 0 Å². The Morgan fingerprint density at radius 2 is 2.05 bits per heavy atom. The van der Waals surface area contributed by atoms with Gasteiger partial charge in [0.05, 0.1) is 18.9 Å². The third-order valence-electron chi connectivity index (χ3n) is 3.07. The van der Waals surface area contributed by atoms with Crippen LogP contribution in [0.3, 0.4) is 0 Å². The molecule has 0 aliphatic rings. The van der Waals surface area contributed by atoms with Gasteiger partial charge in [0.15, 0.2) is 0 Å². The topological polar surface area (TPSA) is 47.8 Å². The van der Waals surface area contributed by atoms with Crippen molar-refractivity contribution in [1.82, 2.24) is 15.0 Å². The Morgan fingerprint density at radius 1 is 1.35 bits per heavy atom. The molecule has 0 aliphatic carbocycles. The van der Waals surface area contributed by atoms with Crippen molar-refractivity contribution < 1.29 is 8.96 Å². The molecule has 6 heteroatoms. The summed E-state index contributed by atoms with van der Waals surface area (Å²) in [6.07, 6.45) is 2.89. The highest BCUT2D eigenvalue weighted by atomic mass is 31.2. The second kappa shape index (κ2) is 5.88. The maximum absolute atomic E-state index is 13.9. The molecular weight excluding hydrogens is 276 g/mol. The van der Waals surface area contributed by atoms with Gasteiger partial charge in [0.25, 0.3) is 0 Å². The van der Waals surface area contributed by atoms with Crippen LogP contribution in [-0.2, 0) is 10.7 Å². The normalized spacial score (nSPS) is 13.4. The maximum atomic E-state index is 13.9. The van der Waals surface area contributed by atoms with Crippen LogP contribution in [0.25, 0.3) is 0 Å². The number of halogens is 1. The summed E-state index contributed by atoms with van der Waals surface area (Å²) in [6.45, 7) is 5.42. The zero-order chi connectivity index (χ0) is 14.8. The van der Waals surface area contributed by atoms with E-state index in [9.17, 15) is 8.96 Å². The van der Waals surface area contributed by atoms with Gasteiger partial charge in [-0.2, -0.15) is 0 Å². The Balaban J connectivity index is 2.29. The van der Waals surface area contributed by atoms with Gasteiger partial charge in [0.2, 0.25) is 0 Å². The Bertz CT molecular complexity index is 635. The number of nitrogens with zero attached hydrogens (tertiary/aromatic N) is 3. The second-order valence-electron chi connectivity index (χ2n) is 5.37. The smallest absolute Gasteiger partial charge is 0.128 e. The van der Waals surface area contributed by atoms with Gasteiger partial charge in [0.1, 0.15) is 5.82 Å². The second-order valence-corrected chi connectivity index (χ2v) is 8.83. The van der Waals surface area contributed by atoms with Crippen molar-refractivity contribution in [2.75, 3.05) is 13.3 Å². The summed E-state index contributed by atoms with van der Waals surface area (Å²) in [5.74, 6) is -0.243. The average Bonchev–Trinajstić information content (AvgIpc) is 2.78. The molecule has 0 spiro atoms. The summed E-state index contributed by atoms with van der Waals surface area (Å²) < 4.78 is 27.4. The standard InChI is InChI=1S/C14H19FN3OP/c1-4-14(12-7-5-6-8-13(12)15)18-9-11(16-17-18)10-20(2,3)19/h5-9,14H,4,10H2,1-3H3/t14-/m1/s1. The quantitative estimate of drug-likeness (QED) is 0.793. The predicted molar refractivity (Wildman–Crippen MR) is 78.0 cm³/mol. The maximum Gasteiger partial charge on any atom is 0.128 e. The highest BCUT2D eigenvalue weighted by Crippen LogP contribution is 2.39. The first-order valence-corrected chi connectivity index (χ1v) is 9.38. The van der Waals surface area contributed by atoms with Gasteiger partial charge in [-0.25, -0.2) is 9.07 Å². The van der Waals surface area contributed by atoms with Crippen LogP contribution in [-0.4, -0.2) is 28.3 Å². The van der Waals surface area contributed by atoms with E-state index in [1.807, 2.05) is 13.0 Å². The highest BCUT2D eigenvalue weighted by Gasteiger charge is 2.18. The van der Waals surface area contributed by atoms with E-state index in [-0.39, 0.29) is 11.9 Å². The van der Waals surface area contributed by atoms with E-state index < -0.39 is 7.14 Å². The molecule has 0 unspecified atom stereocenters. The van der Waals surface area contributed by atoms with Crippen molar-refractivity contribution in [3.63, 3.8) is 0 Å². The number of rotatable bonds is 5. The number of benzene rings is 1. The predicted octanol–water partition coefficient (Wildman–Crippen LogP) is 3.54. The van der Waals surface area contributed by atoms with E-state index in [1.165, 1.54) is 6.07 Å². The first-order valence-electron chi connectivity index (χ1n) is 6.60. The molecule has 108 valence electrons. The largest absolute Gasteiger partial charge is 0.324 e. The minimum atomic E-state index is -2.18. The monoisotopic (exact) mass is 295 g/mol. The summed E-state index contributed by atoms with van der Waals surface area (Å²) in [7, 11) is -2.18. The third kappa shape index (κ3) is 3.54. The van der Waals surface area contributed by atoms with E-state index in [0.29, 0.717) is 23.8 Å². The summed E-state index contributed by atoms with van der Waals surface area (Å²) in [4.78, 5) is 0. The molecule has 0 saturated carbocycles. The van der Waals surface area contributed by atoms with Gasteiger partial charge in [-0.1, -0.05) is 30.3 Å². The third-order valence-corrected chi connectivity index (χ3v) is 4.16. The fraction of sp³-hybridized carbons (Fsp3) is 0.429. The van der Waals surface area contributed by atoms with Gasteiger partial charge in [-0.15, -0.1) is 5.10 Å². The number of hydrogen-bond donors (Lipinski definition) is 0. The van der Waals surface area contributed by atoms with Crippen LogP contribution < -0.4 is 0 Å². The van der Waals surface area contributed by atoms with Crippen LogP contribution in [0.5, 0.6) is 0 Å². The van der Waals surface area contributed by atoms with Crippen molar-refractivity contribution in [2.24, 2.45) is 0 Å². The van der Waals surface area contributed by atoms with Crippen LogP contribution in [0.4, 0.5) is 4.39 Å². The minimum Gasteiger partial charge on any atom is -0.324 e. The molecule has 2 aromatic rings. The molecular formula is C14H19FN3OP. The first-order chi connectivity index (χ1) is 9.40. The Kier molecular flexibility index (Phi) is 4.39. The minimum absolute atomic E-state index is 0.189. The van der Waals surface area contributed by atoms with Crippen LogP contribution in [0.15, 0.2) is 30.5 Å². The van der Waals surface area contributed by atoms with Crippen molar-refractivity contribution in [3.8, 4) is 0 Å². The number of hydrogen-bond acceptors (Lipinski definition) is 3. The van der Waals surface area contributed by atoms with Gasteiger partial charge in [-0.3, -0.25) is 0 Å². The Hall–Kier alpha value is -1.48. The van der Waals surface area contributed by atoms with Crippen LogP contribution in [0, 0.1) is 5.82 Å². The first kappa shape index (κ1) is 14.9. The fourth-order valence-electron chi connectivity index (χ4n) is 2.22. The van der Waals surface area contributed by atoms with Crippen molar-refractivity contribution in [3.05, 3.63) is 47.5 Å². The average molecular weight is 295 g/mol. The summed E-state index contributed by atoms with van der Waals surface area (Å²) >= 11 is 0. The lowest BCUT2D eigenvalue weighted by Gasteiger charge is -2.15. The summed E-state index contributed by atoms with van der Waals surface area (Å²) in [5, 5.41) is 8.11. The van der Waals surface area contributed by atoms with E-state index in [2.05, 4.69) is 10.3 Å². The molecule has 1 aromatic carbocycles. The van der Waals surface area contributed by atoms with Crippen molar-refractivity contribution >= 4 is 7.14 Å². The van der Waals surface area contributed by atoms with Gasteiger partial charge >= 0.3 is 0 Å². The zero-order valence-corrected chi connectivity index (χ0v) is 12.8. The molecule has 0 N–H and O–H groups in total. The molecule has 0 amide bonds. The molecule has 0 saturated heterocycles. The molecule has 4 nitrogen and oxygen atoms in total. The molecule has 0 radical (unpaired) electrons. The molecule has 0 aliphatic heterocycles. The van der Waals surface area contributed by atoms with Gasteiger partial charge in [-0.05, 0) is 25.8 Å². The van der Waals surface area contributed by atoms with Crippen molar-refractivity contribution in [2.45, 2.75) is 25.5 Å². The molecule has 1 aromatic heterocycles. The van der Waals surface area contributed by atoms with Crippen LogP contribution >= 0.6 is 7.14 Å². The lowest BCUT2D eigenvalue weighted by Crippen LogP contribution is -2.12. The Morgan fingerprint density at radius 3 is 2.65 bits per heavy atom. The molecule has 1 atom stereocenters. The van der Waals surface area contributed by atoms with E-state index in [4.69, 9.17) is 0 Å². The lowest BCUT2D eigenvalue weighted by atomic mass is 10.0. The van der Waals surface area contributed by atoms with E-state index in [0.717, 1.165) is 0 Å². The van der Waals surface area contributed by atoms with Crippen molar-refractivity contribution in [1.29, 1.82) is 0 Å². The fourth-order valence-corrected chi connectivity index (χ4v) is 3.15. The van der Waals surface area contributed by atoms with E-state index in [1.54, 1.807) is 36.3 Å². The highest BCUT2D eigenvalue weighted by molar-refractivity contribution is 7.61. The lowest BCUT2D eigenvalue weighted by molar-refractivity contribution is 0.468. The molecule has 20 heavy (non-hydrogen) atoms. The van der Waals surface area contributed by atoms with Gasteiger partial charge in [0, 0.05) is 17.9 Å². The SMILES string of the molecule is CC[C@H](c1ccccc1F)n1cc(CP(C)(C)=O)nn1. The number of aromatic nitrogens is 3. The summed E-state index contributed by atoms with van der Waals surface area (Å²) in [5.41, 5.74) is 1.29. The molecule has 2 rings (SSSR count). The summed E-state index contributed by atoms with van der Waals surface area (Å²) in [6, 6.07) is 6.50. The molecule has 0 fully saturated rings. The Labute approximate surface area is 118 Å². The van der Waals surface area contributed by atoms with Crippen LogP contribution in [0.1, 0.15) is 30.6 Å². The molecule has 0 bridgehead atoms. The zero-order valence-electron chi connectivity index (χ0n) is 12.0. The molecule has 1 heterocycles.